The topological polar surface area (TPSA) is 76.1 Å². The summed E-state index contributed by atoms with van der Waals surface area (Å²) in [7, 11) is 3.09. The van der Waals surface area contributed by atoms with Crippen LogP contribution in [0, 0.1) is 0 Å². The van der Waals surface area contributed by atoms with E-state index in [4.69, 9.17) is 9.47 Å². The van der Waals surface area contributed by atoms with Gasteiger partial charge in [-0.1, -0.05) is 57.2 Å². The van der Waals surface area contributed by atoms with Gasteiger partial charge in [0.1, 0.15) is 17.3 Å². The van der Waals surface area contributed by atoms with Gasteiger partial charge < -0.3 is 14.6 Å². The summed E-state index contributed by atoms with van der Waals surface area (Å²) in [6, 6.07) is 20.7. The molecule has 4 rings (SSSR count). The van der Waals surface area contributed by atoms with E-state index in [0.29, 0.717) is 28.3 Å². The highest BCUT2D eigenvalue weighted by molar-refractivity contribution is 6.51. The third-order valence-electron chi connectivity index (χ3n) is 6.23. The second-order valence-corrected chi connectivity index (χ2v) is 9.47. The first-order valence-electron chi connectivity index (χ1n) is 11.4. The molecule has 1 atom stereocenters. The molecular formula is C29H29NO5. The van der Waals surface area contributed by atoms with E-state index in [1.807, 2.05) is 24.3 Å². The Morgan fingerprint density at radius 2 is 1.49 bits per heavy atom. The Morgan fingerprint density at radius 3 is 2.06 bits per heavy atom. The van der Waals surface area contributed by atoms with E-state index in [-0.39, 0.29) is 16.7 Å². The standard InChI is InChI=1S/C29H29NO5/c1-29(2,3)20-11-13-21(14-12-20)30-25(18-9-15-22(34-4)16-10-18)24(27(32)28(30)33)26(31)19-7-6-8-23(17-19)35-5/h6-17,25,31H,1-5H3/b26-24+. The van der Waals surface area contributed by atoms with Crippen molar-refractivity contribution in [3.8, 4) is 11.5 Å². The van der Waals surface area contributed by atoms with Crippen LogP contribution < -0.4 is 14.4 Å². The molecule has 0 aliphatic carbocycles. The van der Waals surface area contributed by atoms with Crippen LogP contribution in [0.5, 0.6) is 11.5 Å². The minimum absolute atomic E-state index is 0.0216. The number of ether oxygens (including phenoxy) is 2. The van der Waals surface area contributed by atoms with E-state index in [0.717, 1.165) is 5.56 Å². The fraction of sp³-hybridized carbons (Fsp3) is 0.241. The number of amides is 1. The van der Waals surface area contributed by atoms with Gasteiger partial charge in [0, 0.05) is 11.3 Å². The third kappa shape index (κ3) is 4.52. The van der Waals surface area contributed by atoms with Gasteiger partial charge in [0.25, 0.3) is 11.7 Å². The Hall–Kier alpha value is -4.06. The van der Waals surface area contributed by atoms with E-state index < -0.39 is 17.7 Å². The van der Waals surface area contributed by atoms with Crippen LogP contribution in [-0.2, 0) is 15.0 Å². The smallest absolute Gasteiger partial charge is 0.300 e. The Labute approximate surface area is 205 Å². The molecule has 3 aromatic carbocycles. The van der Waals surface area contributed by atoms with E-state index in [1.54, 1.807) is 55.6 Å². The molecule has 1 aliphatic heterocycles. The molecule has 1 saturated heterocycles. The molecule has 180 valence electrons. The van der Waals surface area contributed by atoms with Crippen molar-refractivity contribution in [1.82, 2.24) is 0 Å². The number of aliphatic hydroxyl groups excluding tert-OH is 1. The number of carbonyl (C=O) groups is 2. The first kappa shape index (κ1) is 24.1. The number of carbonyl (C=O) groups excluding carboxylic acids is 2. The molecule has 1 aliphatic rings. The van der Waals surface area contributed by atoms with Gasteiger partial charge in [-0.25, -0.2) is 0 Å². The Kier molecular flexibility index (Phi) is 6.39. The van der Waals surface area contributed by atoms with Crippen molar-refractivity contribution in [1.29, 1.82) is 0 Å². The highest BCUT2D eigenvalue weighted by Crippen LogP contribution is 2.43. The van der Waals surface area contributed by atoms with Crippen LogP contribution >= 0.6 is 0 Å². The lowest BCUT2D eigenvalue weighted by Gasteiger charge is -2.27. The second-order valence-electron chi connectivity index (χ2n) is 9.47. The van der Waals surface area contributed by atoms with Crippen LogP contribution in [0.4, 0.5) is 5.69 Å². The lowest BCUT2D eigenvalue weighted by Crippen LogP contribution is -2.29. The quantitative estimate of drug-likeness (QED) is 0.297. The van der Waals surface area contributed by atoms with Crippen molar-refractivity contribution in [2.75, 3.05) is 19.1 Å². The molecule has 3 aromatic rings. The summed E-state index contributed by atoms with van der Waals surface area (Å²) in [6.45, 7) is 6.33. The van der Waals surface area contributed by atoms with Gasteiger partial charge in [0.2, 0.25) is 0 Å². The largest absolute Gasteiger partial charge is 0.507 e. The van der Waals surface area contributed by atoms with E-state index >= 15 is 0 Å². The molecular weight excluding hydrogens is 442 g/mol. The average molecular weight is 472 g/mol. The molecule has 0 spiro atoms. The van der Waals surface area contributed by atoms with Crippen molar-refractivity contribution >= 4 is 23.1 Å². The minimum atomic E-state index is -0.812. The summed E-state index contributed by atoms with van der Waals surface area (Å²) in [4.78, 5) is 28.1. The van der Waals surface area contributed by atoms with Crippen LogP contribution in [-0.4, -0.2) is 31.0 Å². The summed E-state index contributed by atoms with van der Waals surface area (Å²) in [5.41, 5.74) is 2.71. The Morgan fingerprint density at radius 1 is 0.857 bits per heavy atom. The van der Waals surface area contributed by atoms with E-state index in [9.17, 15) is 14.7 Å². The number of rotatable bonds is 5. The minimum Gasteiger partial charge on any atom is -0.507 e. The number of ketones is 1. The number of hydrogen-bond donors (Lipinski definition) is 1. The van der Waals surface area contributed by atoms with Gasteiger partial charge in [-0.3, -0.25) is 14.5 Å². The van der Waals surface area contributed by atoms with Crippen LogP contribution in [0.1, 0.15) is 43.5 Å². The zero-order chi connectivity index (χ0) is 25.3. The highest BCUT2D eigenvalue weighted by atomic mass is 16.5. The van der Waals surface area contributed by atoms with Crippen molar-refractivity contribution < 1.29 is 24.2 Å². The van der Waals surface area contributed by atoms with Crippen molar-refractivity contribution in [2.24, 2.45) is 0 Å². The Balaban J connectivity index is 1.90. The van der Waals surface area contributed by atoms with Gasteiger partial charge >= 0.3 is 0 Å². The number of Topliss-reactive ketones (excluding diaryl/α,β-unsaturated/α-hetero) is 1. The number of hydrogen-bond acceptors (Lipinski definition) is 5. The average Bonchev–Trinajstić information content (AvgIpc) is 3.13. The summed E-state index contributed by atoms with van der Waals surface area (Å²) in [5, 5.41) is 11.3. The fourth-order valence-corrected chi connectivity index (χ4v) is 4.25. The molecule has 1 fully saturated rings. The van der Waals surface area contributed by atoms with Crippen molar-refractivity contribution in [3.05, 3.63) is 95.1 Å². The SMILES string of the molecule is COc1ccc(C2/C(=C(\O)c3cccc(OC)c3)C(=O)C(=O)N2c2ccc(C(C)(C)C)cc2)cc1. The number of anilines is 1. The molecule has 1 N–H and O–H groups in total. The summed E-state index contributed by atoms with van der Waals surface area (Å²) in [5.74, 6) is -0.517. The normalized spacial score (nSPS) is 17.5. The molecule has 35 heavy (non-hydrogen) atoms. The van der Waals surface area contributed by atoms with Crippen LogP contribution in [0.15, 0.2) is 78.4 Å². The zero-order valence-electron chi connectivity index (χ0n) is 20.5. The molecule has 0 saturated carbocycles. The molecule has 6 heteroatoms. The lowest BCUT2D eigenvalue weighted by molar-refractivity contribution is -0.132. The van der Waals surface area contributed by atoms with Crippen LogP contribution in [0.2, 0.25) is 0 Å². The summed E-state index contributed by atoms with van der Waals surface area (Å²) >= 11 is 0. The fourth-order valence-electron chi connectivity index (χ4n) is 4.25. The number of aliphatic hydroxyl groups is 1. The van der Waals surface area contributed by atoms with Gasteiger partial charge in [-0.2, -0.15) is 0 Å². The number of nitrogens with zero attached hydrogens (tertiary/aromatic N) is 1. The van der Waals surface area contributed by atoms with Gasteiger partial charge in [0.05, 0.1) is 25.8 Å². The van der Waals surface area contributed by atoms with E-state index in [2.05, 4.69) is 20.8 Å². The third-order valence-corrected chi connectivity index (χ3v) is 6.23. The van der Waals surface area contributed by atoms with E-state index in [1.165, 1.54) is 12.0 Å². The van der Waals surface area contributed by atoms with Crippen LogP contribution in [0.3, 0.4) is 0 Å². The molecule has 6 nitrogen and oxygen atoms in total. The van der Waals surface area contributed by atoms with Crippen molar-refractivity contribution in [3.63, 3.8) is 0 Å². The van der Waals surface area contributed by atoms with Gasteiger partial charge in [0.15, 0.2) is 0 Å². The first-order chi connectivity index (χ1) is 16.7. The van der Waals surface area contributed by atoms with Gasteiger partial charge in [-0.15, -0.1) is 0 Å². The maximum atomic E-state index is 13.3. The molecule has 0 aromatic heterocycles. The molecule has 1 unspecified atom stereocenters. The Bertz CT molecular complexity index is 1280. The predicted octanol–water partition coefficient (Wildman–Crippen LogP) is 5.63. The number of benzene rings is 3. The monoisotopic (exact) mass is 471 g/mol. The maximum Gasteiger partial charge on any atom is 0.300 e. The number of methoxy groups -OCH3 is 2. The first-order valence-corrected chi connectivity index (χ1v) is 11.4. The lowest BCUT2D eigenvalue weighted by atomic mass is 9.87. The highest BCUT2D eigenvalue weighted by Gasteiger charge is 2.47. The molecule has 0 radical (unpaired) electrons. The molecule has 1 heterocycles. The molecule has 0 bridgehead atoms. The maximum absolute atomic E-state index is 13.3. The summed E-state index contributed by atoms with van der Waals surface area (Å²) in [6.07, 6.45) is 0. The van der Waals surface area contributed by atoms with Crippen molar-refractivity contribution in [2.45, 2.75) is 32.2 Å². The van der Waals surface area contributed by atoms with Gasteiger partial charge in [-0.05, 0) is 52.9 Å². The molecule has 1 amide bonds. The predicted molar refractivity (Wildman–Crippen MR) is 136 cm³/mol. The zero-order valence-corrected chi connectivity index (χ0v) is 20.5. The second kappa shape index (κ2) is 9.29. The summed E-state index contributed by atoms with van der Waals surface area (Å²) < 4.78 is 10.5. The van der Waals surface area contributed by atoms with Crippen LogP contribution in [0.25, 0.3) is 5.76 Å².